The van der Waals surface area contributed by atoms with Crippen LogP contribution in [0.4, 0.5) is 4.39 Å². The van der Waals surface area contributed by atoms with Crippen LogP contribution in [0.2, 0.25) is 0 Å². The van der Waals surface area contributed by atoms with Gasteiger partial charge < -0.3 is 5.73 Å². The summed E-state index contributed by atoms with van der Waals surface area (Å²) in [5, 5.41) is 0. The molecule has 1 nitrogen and oxygen atoms in total. The van der Waals surface area contributed by atoms with Crippen LogP contribution >= 0.6 is 15.9 Å². The van der Waals surface area contributed by atoms with Gasteiger partial charge in [0.05, 0.1) is 0 Å². The third-order valence-corrected chi connectivity index (χ3v) is 2.73. The van der Waals surface area contributed by atoms with Crippen LogP contribution in [0.15, 0.2) is 22.7 Å². The second kappa shape index (κ2) is 4.20. The van der Waals surface area contributed by atoms with Crippen molar-refractivity contribution in [3.63, 3.8) is 0 Å². The molecule has 13 heavy (non-hydrogen) atoms. The van der Waals surface area contributed by atoms with Gasteiger partial charge in [-0.1, -0.05) is 28.9 Å². The zero-order chi connectivity index (χ0) is 10.0. The Labute approximate surface area is 86.3 Å². The Morgan fingerprint density at radius 2 is 2.00 bits per heavy atom. The van der Waals surface area contributed by atoms with Crippen molar-refractivity contribution in [2.24, 2.45) is 5.73 Å². The van der Waals surface area contributed by atoms with Crippen LogP contribution in [-0.2, 0) is 0 Å². The second-order valence-corrected chi connectivity index (χ2v) is 4.23. The third kappa shape index (κ3) is 2.51. The molecule has 0 aliphatic heterocycles. The first-order valence-corrected chi connectivity index (χ1v) is 5.02. The van der Waals surface area contributed by atoms with Gasteiger partial charge in [0.2, 0.25) is 0 Å². The summed E-state index contributed by atoms with van der Waals surface area (Å²) in [4.78, 5) is 0. The molecule has 0 aliphatic rings. The van der Waals surface area contributed by atoms with Gasteiger partial charge in [-0.25, -0.2) is 4.39 Å². The zero-order valence-electron chi connectivity index (χ0n) is 7.72. The molecule has 0 saturated carbocycles. The summed E-state index contributed by atoms with van der Waals surface area (Å²) in [6.45, 7) is 3.81. The van der Waals surface area contributed by atoms with Crippen LogP contribution < -0.4 is 5.73 Å². The summed E-state index contributed by atoms with van der Waals surface area (Å²) in [5.41, 5.74) is 6.38. The third-order valence-electron chi connectivity index (χ3n) is 2.24. The summed E-state index contributed by atoms with van der Waals surface area (Å²) in [6.07, 6.45) is 0. The maximum Gasteiger partial charge on any atom is 0.127 e. The van der Waals surface area contributed by atoms with Crippen molar-refractivity contribution in [2.75, 3.05) is 0 Å². The van der Waals surface area contributed by atoms with Gasteiger partial charge in [0, 0.05) is 10.5 Å². The normalized spacial score (nSPS) is 15.5. The minimum Gasteiger partial charge on any atom is -0.327 e. The van der Waals surface area contributed by atoms with Gasteiger partial charge in [-0.15, -0.1) is 0 Å². The molecule has 2 atom stereocenters. The molecule has 0 heterocycles. The first-order valence-electron chi connectivity index (χ1n) is 4.23. The SMILES string of the molecule is CC(N)C(C)c1ccc(Br)cc1F. The maximum atomic E-state index is 13.4. The highest BCUT2D eigenvalue weighted by atomic mass is 79.9. The molecule has 0 saturated heterocycles. The Kier molecular flexibility index (Phi) is 3.45. The van der Waals surface area contributed by atoms with E-state index in [9.17, 15) is 4.39 Å². The van der Waals surface area contributed by atoms with Crippen molar-refractivity contribution in [2.45, 2.75) is 25.8 Å². The van der Waals surface area contributed by atoms with Crippen LogP contribution in [0.5, 0.6) is 0 Å². The van der Waals surface area contributed by atoms with E-state index in [-0.39, 0.29) is 17.8 Å². The van der Waals surface area contributed by atoms with E-state index >= 15 is 0 Å². The van der Waals surface area contributed by atoms with E-state index in [1.54, 1.807) is 6.07 Å². The molecule has 1 aromatic carbocycles. The Morgan fingerprint density at radius 1 is 1.38 bits per heavy atom. The van der Waals surface area contributed by atoms with E-state index in [0.717, 1.165) is 4.47 Å². The molecule has 0 fully saturated rings. The summed E-state index contributed by atoms with van der Waals surface area (Å²) in [7, 11) is 0. The number of halogens is 2. The highest BCUT2D eigenvalue weighted by Gasteiger charge is 2.14. The van der Waals surface area contributed by atoms with Crippen molar-refractivity contribution in [3.8, 4) is 0 Å². The van der Waals surface area contributed by atoms with Crippen molar-refractivity contribution < 1.29 is 4.39 Å². The van der Waals surface area contributed by atoms with Crippen molar-refractivity contribution in [1.29, 1.82) is 0 Å². The van der Waals surface area contributed by atoms with Crippen LogP contribution in [0.25, 0.3) is 0 Å². The fraction of sp³-hybridized carbons (Fsp3) is 0.400. The summed E-state index contributed by atoms with van der Waals surface area (Å²) >= 11 is 3.21. The minimum atomic E-state index is -0.195. The van der Waals surface area contributed by atoms with E-state index < -0.39 is 0 Å². The summed E-state index contributed by atoms with van der Waals surface area (Å²) in [6, 6.07) is 5.04. The Hall–Kier alpha value is -0.410. The predicted molar refractivity (Wildman–Crippen MR) is 56.2 cm³/mol. The van der Waals surface area contributed by atoms with Gasteiger partial charge in [-0.2, -0.15) is 0 Å². The van der Waals surface area contributed by atoms with Crippen LogP contribution in [0.1, 0.15) is 25.3 Å². The van der Waals surface area contributed by atoms with Gasteiger partial charge in [0.15, 0.2) is 0 Å². The highest BCUT2D eigenvalue weighted by molar-refractivity contribution is 9.10. The van der Waals surface area contributed by atoms with E-state index in [0.29, 0.717) is 5.56 Å². The molecule has 0 spiro atoms. The molecule has 0 amide bonds. The second-order valence-electron chi connectivity index (χ2n) is 3.31. The number of benzene rings is 1. The van der Waals surface area contributed by atoms with Gasteiger partial charge >= 0.3 is 0 Å². The molecule has 2 N–H and O–H groups in total. The molecular weight excluding hydrogens is 233 g/mol. The first kappa shape index (κ1) is 10.7. The molecule has 72 valence electrons. The number of hydrogen-bond donors (Lipinski definition) is 1. The Morgan fingerprint density at radius 3 is 2.46 bits per heavy atom. The molecule has 1 aromatic rings. The summed E-state index contributed by atoms with van der Waals surface area (Å²) < 4.78 is 14.1. The van der Waals surface area contributed by atoms with Crippen LogP contribution in [0, 0.1) is 5.82 Å². The molecule has 3 heteroatoms. The quantitative estimate of drug-likeness (QED) is 0.852. The fourth-order valence-corrected chi connectivity index (χ4v) is 1.49. The number of rotatable bonds is 2. The average molecular weight is 246 g/mol. The van der Waals surface area contributed by atoms with E-state index in [4.69, 9.17) is 5.73 Å². The predicted octanol–water partition coefficient (Wildman–Crippen LogP) is 3.04. The molecule has 0 bridgehead atoms. The van der Waals surface area contributed by atoms with Gasteiger partial charge in [-0.3, -0.25) is 0 Å². The Bertz CT molecular complexity index is 299. The summed E-state index contributed by atoms with van der Waals surface area (Å²) in [5.74, 6) is -0.146. The van der Waals surface area contributed by atoms with Crippen LogP contribution in [0.3, 0.4) is 0 Å². The lowest BCUT2D eigenvalue weighted by molar-refractivity contribution is 0.549. The average Bonchev–Trinajstić information content (AvgIpc) is 2.03. The van der Waals surface area contributed by atoms with Gasteiger partial charge in [0.25, 0.3) is 0 Å². The topological polar surface area (TPSA) is 26.0 Å². The molecule has 0 aliphatic carbocycles. The molecule has 0 radical (unpaired) electrons. The lowest BCUT2D eigenvalue weighted by Crippen LogP contribution is -2.23. The smallest absolute Gasteiger partial charge is 0.127 e. The number of nitrogens with two attached hydrogens (primary N) is 1. The van der Waals surface area contributed by atoms with E-state index in [2.05, 4.69) is 15.9 Å². The monoisotopic (exact) mass is 245 g/mol. The van der Waals surface area contributed by atoms with Crippen molar-refractivity contribution in [1.82, 2.24) is 0 Å². The van der Waals surface area contributed by atoms with Crippen molar-refractivity contribution in [3.05, 3.63) is 34.1 Å². The molecule has 1 rings (SSSR count). The lowest BCUT2D eigenvalue weighted by Gasteiger charge is -2.16. The standard InChI is InChI=1S/C10H13BrFN/c1-6(7(2)13)9-4-3-8(11)5-10(9)12/h3-7H,13H2,1-2H3. The van der Waals surface area contributed by atoms with E-state index in [1.807, 2.05) is 19.9 Å². The molecule has 0 aromatic heterocycles. The highest BCUT2D eigenvalue weighted by Crippen LogP contribution is 2.23. The number of hydrogen-bond acceptors (Lipinski definition) is 1. The molecular formula is C10H13BrFN. The first-order chi connectivity index (χ1) is 6.02. The van der Waals surface area contributed by atoms with Gasteiger partial charge in [0.1, 0.15) is 5.82 Å². The zero-order valence-corrected chi connectivity index (χ0v) is 9.31. The van der Waals surface area contributed by atoms with Crippen LogP contribution in [-0.4, -0.2) is 6.04 Å². The van der Waals surface area contributed by atoms with Gasteiger partial charge in [-0.05, 0) is 30.5 Å². The Balaban J connectivity index is 3.01. The maximum absolute atomic E-state index is 13.4. The molecule has 2 unspecified atom stereocenters. The fourth-order valence-electron chi connectivity index (χ4n) is 1.15. The van der Waals surface area contributed by atoms with E-state index in [1.165, 1.54) is 6.07 Å². The largest absolute Gasteiger partial charge is 0.327 e. The van der Waals surface area contributed by atoms with Crippen molar-refractivity contribution >= 4 is 15.9 Å². The lowest BCUT2D eigenvalue weighted by atomic mass is 9.95. The minimum absolute atomic E-state index is 0.0318.